The van der Waals surface area contributed by atoms with Gasteiger partial charge in [-0.15, -0.1) is 0 Å². The van der Waals surface area contributed by atoms with Gasteiger partial charge in [-0.3, -0.25) is 9.36 Å². The Morgan fingerprint density at radius 3 is 2.16 bits per heavy atom. The van der Waals surface area contributed by atoms with E-state index in [-0.39, 0.29) is 16.2 Å². The van der Waals surface area contributed by atoms with Crippen LogP contribution < -0.4 is 15.0 Å². The minimum atomic E-state index is -0.478. The Hall–Kier alpha value is -2.80. The van der Waals surface area contributed by atoms with Gasteiger partial charge in [0.15, 0.2) is 5.82 Å². The summed E-state index contributed by atoms with van der Waals surface area (Å²) in [6, 6.07) is 14.3. The van der Waals surface area contributed by atoms with Gasteiger partial charge in [-0.1, -0.05) is 36.4 Å². The highest BCUT2D eigenvalue weighted by atomic mass is 79.9. The number of methoxy groups -OCH3 is 2. The van der Waals surface area contributed by atoms with Crippen LogP contribution in [0.25, 0.3) is 17.1 Å². The number of rotatable bonds is 4. The number of ether oxygens (including phenoxy) is 2. The van der Waals surface area contributed by atoms with Gasteiger partial charge in [-0.25, -0.2) is 0 Å². The molecule has 0 aliphatic rings. The molecule has 1 aromatic heterocycles. The van der Waals surface area contributed by atoms with Gasteiger partial charge in [0, 0.05) is 5.56 Å². The number of aromatic hydroxyl groups is 1. The summed E-state index contributed by atoms with van der Waals surface area (Å²) >= 11 is 3.10. The summed E-state index contributed by atoms with van der Waals surface area (Å²) in [5.74, 6) is 0.777. The Kier molecular flexibility index (Phi) is 4.76. The van der Waals surface area contributed by atoms with Crippen molar-refractivity contribution in [3.05, 3.63) is 63.4 Å². The van der Waals surface area contributed by atoms with Gasteiger partial charge in [0.05, 0.1) is 14.2 Å². The van der Waals surface area contributed by atoms with E-state index in [0.717, 1.165) is 0 Å². The van der Waals surface area contributed by atoms with E-state index in [9.17, 15) is 9.90 Å². The Morgan fingerprint density at radius 2 is 1.60 bits per heavy atom. The first-order chi connectivity index (χ1) is 12.1. The molecule has 0 saturated carbocycles. The van der Waals surface area contributed by atoms with Gasteiger partial charge in [0.1, 0.15) is 21.7 Å². The summed E-state index contributed by atoms with van der Waals surface area (Å²) in [5.41, 5.74) is 0.592. The van der Waals surface area contributed by atoms with E-state index in [1.54, 1.807) is 30.3 Å². The van der Waals surface area contributed by atoms with Crippen molar-refractivity contribution < 1.29 is 14.6 Å². The predicted molar refractivity (Wildman–Crippen MR) is 97.7 cm³/mol. The van der Waals surface area contributed by atoms with Crippen molar-refractivity contribution >= 4 is 15.9 Å². The lowest BCUT2D eigenvalue weighted by molar-refractivity contribution is 0.389. The van der Waals surface area contributed by atoms with Crippen molar-refractivity contribution in [2.75, 3.05) is 14.2 Å². The number of para-hydroxylation sites is 1. The first kappa shape index (κ1) is 17.0. The van der Waals surface area contributed by atoms with Crippen LogP contribution in [0.5, 0.6) is 17.4 Å². The molecule has 0 atom stereocenters. The maximum absolute atomic E-state index is 12.9. The molecule has 0 aliphatic heterocycles. The molecule has 1 heterocycles. The smallest absolute Gasteiger partial charge is 0.276 e. The third kappa shape index (κ3) is 2.98. The van der Waals surface area contributed by atoms with Crippen molar-refractivity contribution in [2.45, 2.75) is 0 Å². The van der Waals surface area contributed by atoms with Gasteiger partial charge < -0.3 is 14.6 Å². The van der Waals surface area contributed by atoms with Crippen molar-refractivity contribution in [2.24, 2.45) is 0 Å². The average molecular weight is 403 g/mol. The van der Waals surface area contributed by atoms with Crippen LogP contribution in [0.15, 0.2) is 57.8 Å². The molecule has 0 saturated heterocycles. The molecule has 3 aromatic rings. The van der Waals surface area contributed by atoms with Crippen molar-refractivity contribution in [1.29, 1.82) is 0 Å². The normalized spacial score (nSPS) is 10.5. The first-order valence-corrected chi connectivity index (χ1v) is 8.16. The second kappa shape index (κ2) is 6.98. The van der Waals surface area contributed by atoms with Crippen LogP contribution in [0.1, 0.15) is 0 Å². The highest BCUT2D eigenvalue weighted by Crippen LogP contribution is 2.35. The maximum Gasteiger partial charge on any atom is 0.276 e. The fourth-order valence-electron chi connectivity index (χ4n) is 2.53. The maximum atomic E-state index is 12.9. The van der Waals surface area contributed by atoms with Gasteiger partial charge in [-0.05, 0) is 28.1 Å². The van der Waals surface area contributed by atoms with E-state index in [0.29, 0.717) is 22.7 Å². The van der Waals surface area contributed by atoms with Gasteiger partial charge >= 0.3 is 0 Å². The van der Waals surface area contributed by atoms with E-state index < -0.39 is 5.56 Å². The lowest BCUT2D eigenvalue weighted by Gasteiger charge is -2.18. The SMILES string of the molecule is COc1cccc(OC)c1-n1c(-c2ccccc2)nc(O)c(Br)c1=O. The van der Waals surface area contributed by atoms with Crippen LogP contribution in [0.4, 0.5) is 0 Å². The number of hydrogen-bond acceptors (Lipinski definition) is 5. The molecule has 2 aromatic carbocycles. The van der Waals surface area contributed by atoms with Crippen LogP contribution in [-0.4, -0.2) is 28.9 Å². The summed E-state index contributed by atoms with van der Waals surface area (Å²) < 4.78 is 12.1. The van der Waals surface area contributed by atoms with Crippen LogP contribution >= 0.6 is 15.9 Å². The zero-order valence-electron chi connectivity index (χ0n) is 13.6. The Morgan fingerprint density at radius 1 is 1.00 bits per heavy atom. The second-order valence-electron chi connectivity index (χ2n) is 5.09. The van der Waals surface area contributed by atoms with E-state index in [4.69, 9.17) is 9.47 Å². The highest BCUT2D eigenvalue weighted by molar-refractivity contribution is 9.10. The molecule has 128 valence electrons. The third-order valence-electron chi connectivity index (χ3n) is 3.67. The Labute approximate surface area is 152 Å². The minimum Gasteiger partial charge on any atom is -0.494 e. The molecule has 1 N–H and O–H groups in total. The summed E-state index contributed by atoms with van der Waals surface area (Å²) in [6.07, 6.45) is 0. The molecule has 0 unspecified atom stereocenters. The Balaban J connectivity index is 2.46. The van der Waals surface area contributed by atoms with Gasteiger partial charge in [-0.2, -0.15) is 4.98 Å². The third-order valence-corrected chi connectivity index (χ3v) is 4.36. The van der Waals surface area contributed by atoms with Crippen LogP contribution in [0, 0.1) is 0 Å². The standard InChI is InChI=1S/C18H15BrN2O4/c1-24-12-9-6-10-13(25-2)15(12)21-16(11-7-4-3-5-8-11)20-17(22)14(19)18(21)23/h3-10,22H,1-2H3. The number of nitrogens with zero attached hydrogens (tertiary/aromatic N) is 2. The largest absolute Gasteiger partial charge is 0.494 e. The minimum absolute atomic E-state index is 0.0415. The fourth-order valence-corrected chi connectivity index (χ4v) is 2.80. The van der Waals surface area contributed by atoms with E-state index in [2.05, 4.69) is 20.9 Å². The average Bonchev–Trinajstić information content (AvgIpc) is 2.66. The van der Waals surface area contributed by atoms with Crippen LogP contribution in [-0.2, 0) is 0 Å². The molecular weight excluding hydrogens is 388 g/mol. The number of benzene rings is 2. The molecule has 0 radical (unpaired) electrons. The zero-order chi connectivity index (χ0) is 18.0. The van der Waals surface area contributed by atoms with Gasteiger partial charge in [0.2, 0.25) is 5.88 Å². The first-order valence-electron chi connectivity index (χ1n) is 7.36. The molecule has 7 heteroatoms. The summed E-state index contributed by atoms with van der Waals surface area (Å²) in [5, 5.41) is 10.0. The monoisotopic (exact) mass is 402 g/mol. The quantitative estimate of drug-likeness (QED) is 0.723. The van der Waals surface area contributed by atoms with Crippen molar-refractivity contribution in [1.82, 2.24) is 9.55 Å². The number of hydrogen-bond donors (Lipinski definition) is 1. The molecule has 3 rings (SSSR count). The second-order valence-corrected chi connectivity index (χ2v) is 5.88. The van der Waals surface area contributed by atoms with Crippen LogP contribution in [0.2, 0.25) is 0 Å². The molecule has 0 aliphatic carbocycles. The molecule has 6 nitrogen and oxygen atoms in total. The summed E-state index contributed by atoms with van der Waals surface area (Å²) in [7, 11) is 3.02. The molecule has 0 amide bonds. The van der Waals surface area contributed by atoms with Gasteiger partial charge in [0.25, 0.3) is 5.56 Å². The lowest BCUT2D eigenvalue weighted by atomic mass is 10.2. The Bertz CT molecular complexity index is 949. The lowest BCUT2D eigenvalue weighted by Crippen LogP contribution is -2.23. The zero-order valence-corrected chi connectivity index (χ0v) is 15.1. The van der Waals surface area contributed by atoms with E-state index in [1.807, 2.05) is 18.2 Å². The summed E-state index contributed by atoms with van der Waals surface area (Å²) in [4.78, 5) is 17.1. The predicted octanol–water partition coefficient (Wildman–Crippen LogP) is 3.38. The van der Waals surface area contributed by atoms with Crippen LogP contribution in [0.3, 0.4) is 0 Å². The van der Waals surface area contributed by atoms with Crippen molar-refractivity contribution in [3.8, 4) is 34.5 Å². The fraction of sp³-hybridized carbons (Fsp3) is 0.111. The summed E-state index contributed by atoms with van der Waals surface area (Å²) in [6.45, 7) is 0. The van der Waals surface area contributed by atoms with E-state index in [1.165, 1.54) is 18.8 Å². The molecule has 0 fully saturated rings. The van der Waals surface area contributed by atoms with E-state index >= 15 is 0 Å². The number of aromatic nitrogens is 2. The molecule has 0 spiro atoms. The molecular formula is C18H15BrN2O4. The van der Waals surface area contributed by atoms with Crippen molar-refractivity contribution in [3.63, 3.8) is 0 Å². The molecule has 25 heavy (non-hydrogen) atoms. The topological polar surface area (TPSA) is 73.6 Å². The highest BCUT2D eigenvalue weighted by Gasteiger charge is 2.22. The molecule has 0 bridgehead atoms. The number of halogens is 1.